The predicted molar refractivity (Wildman–Crippen MR) is 101 cm³/mol. The molecule has 6 heteroatoms. The number of ether oxygens (including phenoxy) is 1. The second-order valence-corrected chi connectivity index (χ2v) is 6.51. The molecule has 0 N–H and O–H groups in total. The third-order valence-electron chi connectivity index (χ3n) is 4.32. The summed E-state index contributed by atoms with van der Waals surface area (Å²) in [4.78, 5) is 21.9. The van der Waals surface area contributed by atoms with Gasteiger partial charge < -0.3 is 4.74 Å². The van der Waals surface area contributed by atoms with Crippen molar-refractivity contribution in [1.82, 2.24) is 19.7 Å². The van der Waals surface area contributed by atoms with Gasteiger partial charge in [0.1, 0.15) is 0 Å². The first-order valence-corrected chi connectivity index (χ1v) is 8.97. The second kappa shape index (κ2) is 7.23. The predicted octanol–water partition coefficient (Wildman–Crippen LogP) is 4.12. The van der Waals surface area contributed by atoms with Crippen molar-refractivity contribution in [1.29, 1.82) is 0 Å². The molecule has 3 heterocycles. The van der Waals surface area contributed by atoms with Crippen LogP contribution in [0.1, 0.15) is 55.4 Å². The Balaban J connectivity index is 2.45. The van der Waals surface area contributed by atoms with Crippen LogP contribution in [0.2, 0.25) is 0 Å². The monoisotopic (exact) mass is 352 g/mol. The summed E-state index contributed by atoms with van der Waals surface area (Å²) in [5.41, 5.74) is 4.67. The van der Waals surface area contributed by atoms with Crippen molar-refractivity contribution in [3.8, 4) is 11.1 Å². The van der Waals surface area contributed by atoms with Crippen LogP contribution >= 0.6 is 0 Å². The molecule has 0 aliphatic carbocycles. The van der Waals surface area contributed by atoms with E-state index < -0.39 is 0 Å². The van der Waals surface area contributed by atoms with Crippen LogP contribution in [-0.2, 0) is 11.3 Å². The number of carbonyl (C=O) groups excluding carboxylic acids is 1. The highest BCUT2D eigenvalue weighted by molar-refractivity contribution is 6.07. The number of hydrogen-bond donors (Lipinski definition) is 0. The zero-order valence-electron chi connectivity index (χ0n) is 15.9. The van der Waals surface area contributed by atoms with E-state index in [1.165, 1.54) is 0 Å². The summed E-state index contributed by atoms with van der Waals surface area (Å²) in [7, 11) is 0. The van der Waals surface area contributed by atoms with Crippen LogP contribution < -0.4 is 0 Å². The van der Waals surface area contributed by atoms with Crippen molar-refractivity contribution in [2.75, 3.05) is 6.61 Å². The van der Waals surface area contributed by atoms with Gasteiger partial charge in [-0.25, -0.2) is 14.5 Å². The molecule has 0 amide bonds. The first-order valence-electron chi connectivity index (χ1n) is 8.97. The van der Waals surface area contributed by atoms with E-state index in [4.69, 9.17) is 9.72 Å². The molecule has 0 unspecified atom stereocenters. The van der Waals surface area contributed by atoms with Gasteiger partial charge in [-0.1, -0.05) is 13.8 Å². The Bertz CT molecular complexity index is 960. The van der Waals surface area contributed by atoms with E-state index in [1.54, 1.807) is 12.4 Å². The van der Waals surface area contributed by atoms with Gasteiger partial charge >= 0.3 is 5.97 Å². The Morgan fingerprint density at radius 2 is 2.08 bits per heavy atom. The smallest absolute Gasteiger partial charge is 0.340 e. The van der Waals surface area contributed by atoms with E-state index in [9.17, 15) is 4.79 Å². The molecule has 3 aromatic rings. The maximum atomic E-state index is 12.9. The topological polar surface area (TPSA) is 69.9 Å². The van der Waals surface area contributed by atoms with E-state index in [0.717, 1.165) is 33.5 Å². The minimum atomic E-state index is -0.348. The molecule has 0 bridgehead atoms. The summed E-state index contributed by atoms with van der Waals surface area (Å²) in [5, 5.41) is 5.31. The van der Waals surface area contributed by atoms with Crippen LogP contribution in [0.25, 0.3) is 22.2 Å². The molecule has 0 spiro atoms. The van der Waals surface area contributed by atoms with Gasteiger partial charge in [-0.3, -0.25) is 4.98 Å². The summed E-state index contributed by atoms with van der Waals surface area (Å²) in [6.45, 7) is 10.9. The third kappa shape index (κ3) is 3.07. The van der Waals surface area contributed by atoms with Crippen molar-refractivity contribution >= 4 is 17.0 Å². The van der Waals surface area contributed by atoms with E-state index in [1.807, 2.05) is 51.4 Å². The van der Waals surface area contributed by atoms with Gasteiger partial charge in [-0.05, 0) is 44.4 Å². The third-order valence-corrected chi connectivity index (χ3v) is 4.32. The normalized spacial score (nSPS) is 11.3. The SMILES string of the molecule is CCOC(=O)c1c(C(C)C)nc2c(cnn2CC)c1-c1ccnc(C)c1. The standard InChI is InChI=1S/C20H24N4O2/c1-6-24-19-15(11-22-24)16(14-8-9-21-13(5)10-14)17(20(25)26-7-2)18(23-19)12(3)4/h8-12H,6-7H2,1-5H3. The molecule has 0 aliphatic rings. The molecule has 6 nitrogen and oxygen atoms in total. The van der Waals surface area contributed by atoms with Gasteiger partial charge in [-0.15, -0.1) is 0 Å². The van der Waals surface area contributed by atoms with Crippen LogP contribution in [0, 0.1) is 6.92 Å². The first-order chi connectivity index (χ1) is 12.5. The number of rotatable bonds is 5. The number of aryl methyl sites for hydroxylation is 2. The highest BCUT2D eigenvalue weighted by Gasteiger charge is 2.26. The lowest BCUT2D eigenvalue weighted by molar-refractivity contribution is 0.0525. The Labute approximate surface area is 153 Å². The zero-order valence-corrected chi connectivity index (χ0v) is 15.9. The van der Waals surface area contributed by atoms with E-state index in [-0.39, 0.29) is 11.9 Å². The molecule has 0 aliphatic heterocycles. The molecule has 0 saturated heterocycles. The summed E-state index contributed by atoms with van der Waals surface area (Å²) in [6, 6.07) is 3.89. The number of esters is 1. The number of fused-ring (bicyclic) bond motifs is 1. The summed E-state index contributed by atoms with van der Waals surface area (Å²) >= 11 is 0. The Kier molecular flexibility index (Phi) is 5.02. The van der Waals surface area contributed by atoms with Crippen LogP contribution in [0.3, 0.4) is 0 Å². The first kappa shape index (κ1) is 18.0. The summed E-state index contributed by atoms with van der Waals surface area (Å²) < 4.78 is 7.23. The van der Waals surface area contributed by atoms with Gasteiger partial charge in [0.15, 0.2) is 5.65 Å². The molecule has 3 rings (SSSR count). The fourth-order valence-corrected chi connectivity index (χ4v) is 3.17. The fraction of sp³-hybridized carbons (Fsp3) is 0.400. The van der Waals surface area contributed by atoms with Crippen molar-refractivity contribution in [2.45, 2.75) is 47.1 Å². The lowest BCUT2D eigenvalue weighted by Crippen LogP contribution is -2.14. The number of hydrogen-bond acceptors (Lipinski definition) is 5. The molecule has 136 valence electrons. The number of carbonyl (C=O) groups is 1. The summed E-state index contributed by atoms with van der Waals surface area (Å²) in [6.07, 6.45) is 3.54. The van der Waals surface area contributed by atoms with Crippen molar-refractivity contribution in [3.05, 3.63) is 41.5 Å². The van der Waals surface area contributed by atoms with Gasteiger partial charge in [0.2, 0.25) is 0 Å². The van der Waals surface area contributed by atoms with Gasteiger partial charge in [0.25, 0.3) is 0 Å². The van der Waals surface area contributed by atoms with E-state index in [2.05, 4.69) is 10.1 Å². The van der Waals surface area contributed by atoms with Crippen LogP contribution in [0.5, 0.6) is 0 Å². The van der Waals surface area contributed by atoms with Crippen molar-refractivity contribution < 1.29 is 9.53 Å². The Morgan fingerprint density at radius 1 is 1.31 bits per heavy atom. The van der Waals surface area contributed by atoms with E-state index >= 15 is 0 Å². The molecule has 0 saturated carbocycles. The fourth-order valence-electron chi connectivity index (χ4n) is 3.17. The largest absolute Gasteiger partial charge is 0.462 e. The van der Waals surface area contributed by atoms with Crippen molar-refractivity contribution in [3.63, 3.8) is 0 Å². The molecule has 26 heavy (non-hydrogen) atoms. The average molecular weight is 352 g/mol. The molecule has 0 aromatic carbocycles. The van der Waals surface area contributed by atoms with Gasteiger partial charge in [0, 0.05) is 29.4 Å². The van der Waals surface area contributed by atoms with Crippen LogP contribution in [-0.4, -0.2) is 32.3 Å². The molecule has 0 radical (unpaired) electrons. The Morgan fingerprint density at radius 3 is 2.69 bits per heavy atom. The van der Waals surface area contributed by atoms with Crippen LogP contribution in [0.4, 0.5) is 0 Å². The molecule has 0 fully saturated rings. The second-order valence-electron chi connectivity index (χ2n) is 6.51. The van der Waals surface area contributed by atoms with Crippen molar-refractivity contribution in [2.24, 2.45) is 0 Å². The Hall–Kier alpha value is -2.76. The number of pyridine rings is 2. The molecule has 3 aromatic heterocycles. The lowest BCUT2D eigenvalue weighted by atomic mass is 9.92. The number of aromatic nitrogens is 4. The highest BCUT2D eigenvalue weighted by Crippen LogP contribution is 2.36. The van der Waals surface area contributed by atoms with Gasteiger partial charge in [0.05, 0.1) is 24.1 Å². The quantitative estimate of drug-likeness (QED) is 0.646. The highest BCUT2D eigenvalue weighted by atomic mass is 16.5. The van der Waals surface area contributed by atoms with Crippen LogP contribution in [0.15, 0.2) is 24.5 Å². The minimum absolute atomic E-state index is 0.0701. The number of nitrogens with zero attached hydrogens (tertiary/aromatic N) is 4. The molecular formula is C20H24N4O2. The molecule has 0 atom stereocenters. The zero-order chi connectivity index (χ0) is 18.8. The maximum Gasteiger partial charge on any atom is 0.340 e. The molecular weight excluding hydrogens is 328 g/mol. The average Bonchev–Trinajstić information content (AvgIpc) is 3.02. The maximum absolute atomic E-state index is 12.9. The lowest BCUT2D eigenvalue weighted by Gasteiger charge is -2.17. The minimum Gasteiger partial charge on any atom is -0.462 e. The van der Waals surface area contributed by atoms with E-state index in [0.29, 0.717) is 18.7 Å². The van der Waals surface area contributed by atoms with Gasteiger partial charge in [-0.2, -0.15) is 5.10 Å². The summed E-state index contributed by atoms with van der Waals surface area (Å²) in [5.74, 6) is -0.278.